The fourth-order valence-corrected chi connectivity index (χ4v) is 5.32. The highest BCUT2D eigenvalue weighted by atomic mass is 19.1. The molecule has 4 aromatic carbocycles. The van der Waals surface area contributed by atoms with Crippen LogP contribution in [0.1, 0.15) is 45.1 Å². The van der Waals surface area contributed by atoms with Crippen LogP contribution < -0.4 is 10.6 Å². The second kappa shape index (κ2) is 14.5. The van der Waals surface area contributed by atoms with Crippen LogP contribution in [0.3, 0.4) is 0 Å². The molecule has 0 bridgehead atoms. The smallest absolute Gasteiger partial charge is 0.230 e. The van der Waals surface area contributed by atoms with Crippen LogP contribution in [0.5, 0.6) is 0 Å². The van der Waals surface area contributed by atoms with E-state index in [2.05, 4.69) is 51.0 Å². The summed E-state index contributed by atoms with van der Waals surface area (Å²) in [5, 5.41) is 32.5. The Morgan fingerprint density at radius 3 is 1.69 bits per heavy atom. The molecule has 12 nitrogen and oxygen atoms in total. The third-order valence-electron chi connectivity index (χ3n) is 7.87. The van der Waals surface area contributed by atoms with Crippen molar-refractivity contribution in [3.8, 4) is 0 Å². The number of benzene rings is 4. The topological polar surface area (TPSA) is 170 Å². The van der Waals surface area contributed by atoms with Crippen molar-refractivity contribution < 1.29 is 18.7 Å². The van der Waals surface area contributed by atoms with Crippen LogP contribution in [0.25, 0.3) is 21.8 Å². The van der Waals surface area contributed by atoms with Crippen LogP contribution in [0, 0.1) is 25.5 Å². The van der Waals surface area contributed by atoms with Crippen molar-refractivity contribution in [3.63, 3.8) is 0 Å². The van der Waals surface area contributed by atoms with Crippen molar-refractivity contribution in [1.82, 2.24) is 40.3 Å². The molecule has 1 unspecified atom stereocenters. The summed E-state index contributed by atoms with van der Waals surface area (Å²) in [6.07, 6.45) is -1.07. The van der Waals surface area contributed by atoms with E-state index in [4.69, 9.17) is 0 Å². The number of hydrogen-bond acceptors (Lipinski definition) is 10. The highest BCUT2D eigenvalue weighted by Crippen LogP contribution is 2.28. The molecule has 0 saturated carbocycles. The van der Waals surface area contributed by atoms with Crippen molar-refractivity contribution in [2.75, 3.05) is 10.6 Å². The fourth-order valence-electron chi connectivity index (χ4n) is 5.32. The molecule has 14 heteroatoms. The molecule has 4 heterocycles. The Morgan fingerprint density at radius 2 is 1.15 bits per heavy atom. The Balaban J connectivity index is 0.000000162. The minimum absolute atomic E-state index is 0.0325. The summed E-state index contributed by atoms with van der Waals surface area (Å²) in [6.45, 7) is 3.79. The number of carbonyl (C=O) groups is 1. The zero-order valence-electron chi connectivity index (χ0n) is 27.8. The first kappa shape index (κ1) is 33.6. The Morgan fingerprint density at radius 1 is 0.654 bits per heavy atom. The van der Waals surface area contributed by atoms with E-state index in [1.165, 1.54) is 48.5 Å². The number of ketones is 1. The van der Waals surface area contributed by atoms with Crippen LogP contribution in [0.4, 0.5) is 32.1 Å². The molecule has 8 aromatic rings. The molecule has 258 valence electrons. The summed E-state index contributed by atoms with van der Waals surface area (Å²) in [6, 6.07) is 29.5. The number of aromatic nitrogens is 8. The summed E-state index contributed by atoms with van der Waals surface area (Å²) in [4.78, 5) is 30.4. The zero-order valence-corrected chi connectivity index (χ0v) is 27.8. The van der Waals surface area contributed by atoms with Crippen molar-refractivity contribution in [2.45, 2.75) is 20.0 Å². The van der Waals surface area contributed by atoms with E-state index in [0.717, 1.165) is 22.2 Å². The maximum atomic E-state index is 13.1. The van der Waals surface area contributed by atoms with Crippen molar-refractivity contribution >= 4 is 50.9 Å². The molecule has 0 saturated heterocycles. The maximum Gasteiger partial charge on any atom is 0.230 e. The number of carbonyl (C=O) groups excluding carboxylic acids is 1. The quantitative estimate of drug-likeness (QED) is 0.101. The van der Waals surface area contributed by atoms with Gasteiger partial charge in [-0.1, -0.05) is 36.4 Å². The average molecular weight is 697 g/mol. The Hall–Kier alpha value is -6.93. The van der Waals surface area contributed by atoms with Gasteiger partial charge in [-0.25, -0.2) is 28.7 Å². The maximum absolute atomic E-state index is 13.1. The predicted octanol–water partition coefficient (Wildman–Crippen LogP) is 7.40. The van der Waals surface area contributed by atoms with Crippen LogP contribution in [0.15, 0.2) is 109 Å². The lowest BCUT2D eigenvalue weighted by molar-refractivity contribution is 0.102. The number of aromatic amines is 2. The van der Waals surface area contributed by atoms with Gasteiger partial charge < -0.3 is 15.7 Å². The molecule has 0 fully saturated rings. The van der Waals surface area contributed by atoms with Gasteiger partial charge in [0.2, 0.25) is 11.6 Å². The molecule has 0 aliphatic heterocycles. The SMILES string of the molecule is Cc1cc(Nc2nc(C(=O)c3ccc(F)cc3)nc3ccccc23)n[nH]1.Cc1cc(Nc2nc(C(O)c3ccc(F)cc3)nc3ccccc23)n[nH]1. The van der Waals surface area contributed by atoms with Gasteiger partial charge in [-0.2, -0.15) is 10.2 Å². The normalized spacial score (nSPS) is 11.6. The molecule has 0 amide bonds. The first-order chi connectivity index (χ1) is 25.2. The molecule has 5 N–H and O–H groups in total. The molecule has 0 radical (unpaired) electrons. The lowest BCUT2D eigenvalue weighted by atomic mass is 10.1. The Kier molecular flexibility index (Phi) is 9.36. The number of aliphatic hydroxyl groups is 1. The Bertz CT molecular complexity index is 2520. The minimum Gasteiger partial charge on any atom is -0.380 e. The van der Waals surface area contributed by atoms with E-state index < -0.39 is 11.9 Å². The van der Waals surface area contributed by atoms with E-state index in [1.54, 1.807) is 6.07 Å². The largest absolute Gasteiger partial charge is 0.380 e. The number of nitrogens with one attached hydrogen (secondary N) is 4. The van der Waals surface area contributed by atoms with E-state index in [0.29, 0.717) is 45.4 Å². The number of halogens is 2. The van der Waals surface area contributed by atoms with E-state index in [9.17, 15) is 18.7 Å². The molecule has 0 aliphatic carbocycles. The number of anilines is 4. The highest BCUT2D eigenvalue weighted by molar-refractivity contribution is 6.08. The number of aryl methyl sites for hydroxylation is 2. The van der Waals surface area contributed by atoms with Gasteiger partial charge in [-0.05, 0) is 80.1 Å². The third-order valence-corrected chi connectivity index (χ3v) is 7.87. The summed E-state index contributed by atoms with van der Waals surface area (Å²) in [5.41, 5.74) is 3.97. The second-order valence-electron chi connectivity index (χ2n) is 11.8. The first-order valence-corrected chi connectivity index (χ1v) is 16.1. The lowest BCUT2D eigenvalue weighted by Gasteiger charge is -2.13. The van der Waals surface area contributed by atoms with Crippen molar-refractivity contribution in [1.29, 1.82) is 0 Å². The predicted molar refractivity (Wildman–Crippen MR) is 193 cm³/mol. The standard InChI is InChI=1S/C19H16FN5O.C19H14FN5O/c2*1-11-10-16(25-24-11)22-18-14-4-2-3-5-15(14)21-19(23-18)17(26)12-6-8-13(20)9-7-12/h2-10,17,26H,1H3,(H2,21,22,23,24,25);2-10H,1H3,(H2,21,22,23,24,25). The molecule has 8 rings (SSSR count). The van der Waals surface area contributed by atoms with Gasteiger partial charge in [-0.15, -0.1) is 0 Å². The second-order valence-corrected chi connectivity index (χ2v) is 11.8. The van der Waals surface area contributed by atoms with E-state index in [-0.39, 0.29) is 23.2 Å². The van der Waals surface area contributed by atoms with Gasteiger partial charge in [0.05, 0.1) is 11.0 Å². The molecule has 4 aromatic heterocycles. The Labute approximate surface area is 295 Å². The number of fused-ring (bicyclic) bond motifs is 2. The number of H-pyrrole nitrogens is 2. The van der Waals surface area contributed by atoms with Crippen LogP contribution in [-0.2, 0) is 0 Å². The van der Waals surface area contributed by atoms with Crippen LogP contribution in [-0.4, -0.2) is 51.2 Å². The van der Waals surface area contributed by atoms with E-state index in [1.807, 2.05) is 68.4 Å². The molecular weight excluding hydrogens is 666 g/mol. The summed E-state index contributed by atoms with van der Waals surface area (Å²) >= 11 is 0. The number of aliphatic hydroxyl groups excluding tert-OH is 1. The molecule has 52 heavy (non-hydrogen) atoms. The average Bonchev–Trinajstić information content (AvgIpc) is 3.77. The number of nitrogens with zero attached hydrogens (tertiary/aromatic N) is 6. The molecule has 0 spiro atoms. The number of rotatable bonds is 8. The minimum atomic E-state index is -1.07. The summed E-state index contributed by atoms with van der Waals surface area (Å²) < 4.78 is 26.2. The number of para-hydroxylation sites is 2. The fraction of sp³-hybridized carbons (Fsp3) is 0.0789. The van der Waals surface area contributed by atoms with Gasteiger partial charge in [0.15, 0.2) is 17.5 Å². The summed E-state index contributed by atoms with van der Waals surface area (Å²) in [5.74, 6) is 1.34. The zero-order chi connectivity index (χ0) is 36.2. The van der Waals surface area contributed by atoms with Gasteiger partial charge in [0.25, 0.3) is 0 Å². The summed E-state index contributed by atoms with van der Waals surface area (Å²) in [7, 11) is 0. The first-order valence-electron chi connectivity index (χ1n) is 16.1. The van der Waals surface area contributed by atoms with Gasteiger partial charge in [0, 0.05) is 39.9 Å². The highest BCUT2D eigenvalue weighted by Gasteiger charge is 2.19. The van der Waals surface area contributed by atoms with Crippen molar-refractivity contribution in [3.05, 3.63) is 155 Å². The van der Waals surface area contributed by atoms with Crippen LogP contribution in [0.2, 0.25) is 0 Å². The molecule has 1 atom stereocenters. The van der Waals surface area contributed by atoms with Gasteiger partial charge in [-0.3, -0.25) is 15.0 Å². The third kappa shape index (κ3) is 7.46. The van der Waals surface area contributed by atoms with Gasteiger partial charge in [0.1, 0.15) is 29.4 Å². The molecule has 0 aliphatic rings. The van der Waals surface area contributed by atoms with Crippen LogP contribution >= 0.6 is 0 Å². The van der Waals surface area contributed by atoms with E-state index >= 15 is 0 Å². The molecular formula is C38H30F2N10O2. The van der Waals surface area contributed by atoms with Gasteiger partial charge >= 0.3 is 0 Å². The lowest BCUT2D eigenvalue weighted by Crippen LogP contribution is -2.09. The monoisotopic (exact) mass is 696 g/mol. The van der Waals surface area contributed by atoms with Crippen molar-refractivity contribution in [2.24, 2.45) is 0 Å². The number of hydrogen-bond donors (Lipinski definition) is 5.